The third-order valence-electron chi connectivity index (χ3n) is 3.33. The van der Waals surface area contributed by atoms with Gasteiger partial charge in [0, 0.05) is 24.6 Å². The Kier molecular flexibility index (Phi) is 6.73. The Hall–Kier alpha value is -3.13. The molecule has 0 aliphatic heterocycles. The number of carbonyl (C=O) groups is 2. The van der Waals surface area contributed by atoms with Crippen LogP contribution < -0.4 is 10.6 Å². The molecule has 0 heterocycles. The van der Waals surface area contributed by atoms with Crippen LogP contribution in [0.5, 0.6) is 0 Å². The molecule has 27 heavy (non-hydrogen) atoms. The van der Waals surface area contributed by atoms with Crippen molar-refractivity contribution in [3.05, 3.63) is 65.7 Å². The minimum Gasteiger partial charge on any atom is -0.375 e. The smallest absolute Gasteiger partial charge is 0.375 e. The number of nitrogens with one attached hydrogen (secondary N) is 2. The Bertz CT molecular complexity index is 848. The van der Waals surface area contributed by atoms with E-state index in [2.05, 4.69) is 10.6 Å². The summed E-state index contributed by atoms with van der Waals surface area (Å²) in [5.41, 5.74) is 0.353. The van der Waals surface area contributed by atoms with E-state index in [0.29, 0.717) is 11.4 Å². The van der Waals surface area contributed by atoms with E-state index in [1.807, 2.05) is 0 Å². The topological polar surface area (TPSA) is 67.4 Å². The first kappa shape index (κ1) is 20.2. The molecule has 0 saturated carbocycles. The molecule has 0 unspecified atom stereocenters. The highest BCUT2D eigenvalue weighted by Crippen LogP contribution is 2.29. The lowest BCUT2D eigenvalue weighted by Gasteiger charge is -2.08. The molecule has 0 aliphatic carbocycles. The minimum atomic E-state index is -4.44. The zero-order valence-electron chi connectivity index (χ0n) is 14.3. The van der Waals surface area contributed by atoms with Crippen molar-refractivity contribution in [1.29, 1.82) is 0 Å². The van der Waals surface area contributed by atoms with Gasteiger partial charge in [-0.1, -0.05) is 18.2 Å². The summed E-state index contributed by atoms with van der Waals surface area (Å²) in [6.07, 6.45) is -2.03. The second-order valence-electron chi connectivity index (χ2n) is 5.51. The highest BCUT2D eigenvalue weighted by molar-refractivity contribution is 6.02. The quantitative estimate of drug-likeness (QED) is 0.748. The normalized spacial score (nSPS) is 11.4. The van der Waals surface area contributed by atoms with Gasteiger partial charge in [0.2, 0.25) is 11.8 Å². The minimum absolute atomic E-state index is 0.101. The molecule has 0 fully saturated rings. The molecular weight excluding hydrogens is 361 g/mol. The van der Waals surface area contributed by atoms with E-state index in [1.54, 1.807) is 24.3 Å². The van der Waals surface area contributed by atoms with Gasteiger partial charge in [-0.3, -0.25) is 9.59 Å². The van der Waals surface area contributed by atoms with Crippen LogP contribution in [0.4, 0.5) is 24.5 Å². The van der Waals surface area contributed by atoms with E-state index in [0.717, 1.165) is 18.2 Å². The molecule has 8 heteroatoms. The van der Waals surface area contributed by atoms with Crippen molar-refractivity contribution < 1.29 is 27.5 Å². The van der Waals surface area contributed by atoms with Crippen LogP contribution >= 0.6 is 0 Å². The highest BCUT2D eigenvalue weighted by atomic mass is 19.4. The average molecular weight is 378 g/mol. The summed E-state index contributed by atoms with van der Waals surface area (Å²) >= 11 is 0. The van der Waals surface area contributed by atoms with Crippen molar-refractivity contribution in [2.24, 2.45) is 0 Å². The van der Waals surface area contributed by atoms with Gasteiger partial charge < -0.3 is 15.4 Å². The first-order valence-electron chi connectivity index (χ1n) is 7.83. The van der Waals surface area contributed by atoms with Crippen LogP contribution in [0, 0.1) is 0 Å². The fourth-order valence-corrected chi connectivity index (χ4v) is 2.18. The maximum Gasteiger partial charge on any atom is 0.416 e. The number of hydrogen-bond donors (Lipinski definition) is 2. The summed E-state index contributed by atoms with van der Waals surface area (Å²) in [5.74, 6) is -0.863. The zero-order valence-corrected chi connectivity index (χ0v) is 14.3. The molecule has 2 N–H and O–H groups in total. The number of halogens is 3. The van der Waals surface area contributed by atoms with Gasteiger partial charge in [0.05, 0.1) is 5.56 Å². The molecule has 2 aromatic rings. The fraction of sp³-hybridized carbons (Fsp3) is 0.158. The summed E-state index contributed by atoms with van der Waals surface area (Å²) in [7, 11) is 1.40. The van der Waals surface area contributed by atoms with Crippen molar-refractivity contribution in [3.63, 3.8) is 0 Å². The fourth-order valence-electron chi connectivity index (χ4n) is 2.18. The van der Waals surface area contributed by atoms with Gasteiger partial charge in [-0.2, -0.15) is 13.2 Å². The van der Waals surface area contributed by atoms with E-state index >= 15 is 0 Å². The van der Waals surface area contributed by atoms with E-state index in [-0.39, 0.29) is 18.1 Å². The second kappa shape index (κ2) is 9.00. The predicted octanol–water partition coefficient (Wildman–Crippen LogP) is 3.94. The van der Waals surface area contributed by atoms with Crippen molar-refractivity contribution in [2.75, 3.05) is 24.4 Å². The molecule has 0 aromatic heterocycles. The molecule has 5 nitrogen and oxygen atoms in total. The molecule has 0 saturated heterocycles. The number of rotatable bonds is 6. The van der Waals surface area contributed by atoms with Gasteiger partial charge in [0.25, 0.3) is 0 Å². The Labute approximate surface area is 153 Å². The molecule has 142 valence electrons. The molecule has 0 spiro atoms. The molecule has 2 amide bonds. The third kappa shape index (κ3) is 6.59. The van der Waals surface area contributed by atoms with Gasteiger partial charge in [-0.25, -0.2) is 0 Å². The monoisotopic (exact) mass is 378 g/mol. The van der Waals surface area contributed by atoms with E-state index in [1.165, 1.54) is 25.3 Å². The maximum atomic E-state index is 12.7. The molecular formula is C19H17F3N2O3. The number of benzene rings is 2. The maximum absolute atomic E-state index is 12.7. The third-order valence-corrected chi connectivity index (χ3v) is 3.33. The van der Waals surface area contributed by atoms with E-state index < -0.39 is 17.6 Å². The van der Waals surface area contributed by atoms with Crippen molar-refractivity contribution >= 4 is 29.3 Å². The first-order chi connectivity index (χ1) is 12.8. The van der Waals surface area contributed by atoms with Crippen LogP contribution in [0.1, 0.15) is 11.1 Å². The summed E-state index contributed by atoms with van der Waals surface area (Å²) in [5, 5.41) is 5.17. The van der Waals surface area contributed by atoms with Crippen LogP contribution in [0.2, 0.25) is 0 Å². The van der Waals surface area contributed by atoms with Crippen LogP contribution in [-0.2, 0) is 20.5 Å². The molecule has 2 aromatic carbocycles. The number of carbonyl (C=O) groups excluding carboxylic acids is 2. The predicted molar refractivity (Wildman–Crippen MR) is 96.1 cm³/mol. The summed E-state index contributed by atoms with van der Waals surface area (Å²) in [4.78, 5) is 23.5. The van der Waals surface area contributed by atoms with Gasteiger partial charge in [0.1, 0.15) is 6.61 Å². The summed E-state index contributed by atoms with van der Waals surface area (Å²) in [6, 6.07) is 11.1. The highest BCUT2D eigenvalue weighted by Gasteiger charge is 2.30. The summed E-state index contributed by atoms with van der Waals surface area (Å²) in [6.45, 7) is -0.101. The van der Waals surface area contributed by atoms with Crippen LogP contribution in [0.15, 0.2) is 54.6 Å². The lowest BCUT2D eigenvalue weighted by atomic mass is 10.1. The van der Waals surface area contributed by atoms with Gasteiger partial charge >= 0.3 is 6.18 Å². The van der Waals surface area contributed by atoms with E-state index in [4.69, 9.17) is 4.74 Å². The number of anilines is 2. The SMILES string of the molecule is COCC(=O)Nc1cccc(NC(=O)/C=C/c2cccc(C(F)(F)F)c2)c1. The molecule has 0 bridgehead atoms. The van der Waals surface area contributed by atoms with E-state index in [9.17, 15) is 22.8 Å². The number of amides is 2. The lowest BCUT2D eigenvalue weighted by molar-refractivity contribution is -0.137. The Morgan fingerprint density at radius 1 is 1.04 bits per heavy atom. The largest absolute Gasteiger partial charge is 0.416 e. The first-order valence-corrected chi connectivity index (χ1v) is 7.83. The molecule has 0 radical (unpaired) electrons. The number of alkyl halides is 3. The van der Waals surface area contributed by atoms with Crippen molar-refractivity contribution in [1.82, 2.24) is 0 Å². The van der Waals surface area contributed by atoms with Crippen LogP contribution in [0.25, 0.3) is 6.08 Å². The average Bonchev–Trinajstić information content (AvgIpc) is 2.60. The Morgan fingerprint density at radius 2 is 1.70 bits per heavy atom. The van der Waals surface area contributed by atoms with Gasteiger partial charge in [-0.05, 0) is 42.0 Å². The lowest BCUT2D eigenvalue weighted by Crippen LogP contribution is -2.17. The number of hydrogen-bond acceptors (Lipinski definition) is 3. The molecule has 2 rings (SSSR count). The Balaban J connectivity index is 2.01. The second-order valence-corrected chi connectivity index (χ2v) is 5.51. The summed E-state index contributed by atoms with van der Waals surface area (Å²) < 4.78 is 42.8. The standard InChI is InChI=1S/C19H17F3N2O3/c1-27-12-18(26)24-16-7-3-6-15(11-16)23-17(25)9-8-13-4-2-5-14(10-13)19(20,21)22/h2-11H,12H2,1H3,(H,23,25)(H,24,26)/b9-8+. The number of methoxy groups -OCH3 is 1. The van der Waals surface area contributed by atoms with Gasteiger partial charge in [0.15, 0.2) is 0 Å². The van der Waals surface area contributed by atoms with Crippen molar-refractivity contribution in [2.45, 2.75) is 6.18 Å². The zero-order chi connectivity index (χ0) is 19.9. The number of ether oxygens (including phenoxy) is 1. The van der Waals surface area contributed by atoms with Gasteiger partial charge in [-0.15, -0.1) is 0 Å². The van der Waals surface area contributed by atoms with Crippen LogP contribution in [-0.4, -0.2) is 25.5 Å². The van der Waals surface area contributed by atoms with Crippen LogP contribution in [0.3, 0.4) is 0 Å². The Morgan fingerprint density at radius 3 is 2.37 bits per heavy atom. The molecule has 0 atom stereocenters. The molecule has 0 aliphatic rings. The van der Waals surface area contributed by atoms with Crippen molar-refractivity contribution in [3.8, 4) is 0 Å².